The van der Waals surface area contributed by atoms with Crippen LogP contribution in [0.2, 0.25) is 0 Å². The molecule has 0 spiro atoms. The summed E-state index contributed by atoms with van der Waals surface area (Å²) in [5, 5.41) is 0. The Bertz CT molecular complexity index is 146. The van der Waals surface area contributed by atoms with Gasteiger partial charge >= 0.3 is 0 Å². The molecule has 0 amide bonds. The highest BCUT2D eigenvalue weighted by atomic mass is 32.2. The van der Waals surface area contributed by atoms with Crippen LogP contribution in [0.25, 0.3) is 0 Å². The summed E-state index contributed by atoms with van der Waals surface area (Å²) in [6.45, 7) is 0. The minimum atomic E-state index is 0. The Labute approximate surface area is 68.7 Å². The second kappa shape index (κ2) is 6.69. The molecule has 58 valence electrons. The molecule has 10 heavy (non-hydrogen) atoms. The molecule has 1 aromatic rings. The van der Waals surface area contributed by atoms with Gasteiger partial charge in [0, 0.05) is 11.8 Å². The second-order valence-electron chi connectivity index (χ2n) is 1.56. The number of thiol groups is 1. The number of hydrogen-bond acceptors (Lipinski definition) is 0. The number of hydrogen-bond donors (Lipinski definition) is 0. The third-order valence-electron chi connectivity index (χ3n) is 1.01. The molecule has 0 saturated heterocycles. The lowest BCUT2D eigenvalue weighted by atomic mass is 10.4. The maximum atomic E-state index is 2.13. The van der Waals surface area contributed by atoms with Gasteiger partial charge in [0.1, 0.15) is 6.26 Å². The van der Waals surface area contributed by atoms with Crippen LogP contribution in [0, 0.1) is 0 Å². The standard InChI is InChI=1S/C7H8S.2CH4/c1-8-7-5-3-2-4-6-7;;/h2-6H,1H3;2*1H4/p+1. The fraction of sp³-hybridized carbons (Fsp3) is 0.333. The SMILES string of the molecule is C.C.C[SH+]c1ccccc1. The van der Waals surface area contributed by atoms with E-state index in [-0.39, 0.29) is 14.9 Å². The van der Waals surface area contributed by atoms with Crippen LogP contribution < -0.4 is 0 Å². The molecule has 0 aliphatic rings. The van der Waals surface area contributed by atoms with Gasteiger partial charge in [-0.05, 0) is 12.1 Å². The van der Waals surface area contributed by atoms with Gasteiger partial charge in [-0.2, -0.15) is 0 Å². The minimum Gasteiger partial charge on any atom is -0.0776 e. The largest absolute Gasteiger partial charge is 0.152 e. The summed E-state index contributed by atoms with van der Waals surface area (Å²) < 4.78 is 0. The van der Waals surface area contributed by atoms with E-state index in [1.165, 1.54) is 16.7 Å². The van der Waals surface area contributed by atoms with E-state index in [0.717, 1.165) is 0 Å². The van der Waals surface area contributed by atoms with Crippen LogP contribution in [0.3, 0.4) is 0 Å². The van der Waals surface area contributed by atoms with Crippen molar-refractivity contribution in [2.24, 2.45) is 0 Å². The Balaban J connectivity index is 0. The predicted octanol–water partition coefficient (Wildman–Crippen LogP) is 2.76. The van der Waals surface area contributed by atoms with Crippen molar-refractivity contribution in [3.63, 3.8) is 0 Å². The lowest BCUT2D eigenvalue weighted by Gasteiger charge is -1.81. The van der Waals surface area contributed by atoms with E-state index < -0.39 is 0 Å². The molecular formula is C9H17S+. The van der Waals surface area contributed by atoms with Crippen molar-refractivity contribution in [3.8, 4) is 0 Å². The van der Waals surface area contributed by atoms with Gasteiger partial charge < -0.3 is 0 Å². The van der Waals surface area contributed by atoms with Gasteiger partial charge in [-0.3, -0.25) is 0 Å². The highest BCUT2D eigenvalue weighted by Crippen LogP contribution is 1.97. The van der Waals surface area contributed by atoms with Crippen molar-refractivity contribution in [2.45, 2.75) is 19.7 Å². The molecule has 0 nitrogen and oxygen atoms in total. The molecular weight excluding hydrogens is 140 g/mol. The molecule has 0 fully saturated rings. The summed E-state index contributed by atoms with van der Waals surface area (Å²) in [5.41, 5.74) is 0. The molecule has 1 rings (SSSR count). The van der Waals surface area contributed by atoms with Crippen molar-refractivity contribution in [1.82, 2.24) is 0 Å². The molecule has 0 unspecified atom stereocenters. The fourth-order valence-corrected chi connectivity index (χ4v) is 1.05. The van der Waals surface area contributed by atoms with Gasteiger partial charge in [-0.25, -0.2) is 0 Å². The first kappa shape index (κ1) is 12.3. The van der Waals surface area contributed by atoms with Crippen molar-refractivity contribution in [2.75, 3.05) is 6.26 Å². The van der Waals surface area contributed by atoms with E-state index in [0.29, 0.717) is 0 Å². The van der Waals surface area contributed by atoms with Crippen LogP contribution in [-0.4, -0.2) is 6.26 Å². The maximum Gasteiger partial charge on any atom is 0.152 e. The number of rotatable bonds is 1. The first-order chi connectivity index (χ1) is 3.93. The molecule has 0 heterocycles. The second-order valence-corrected chi connectivity index (χ2v) is 2.52. The van der Waals surface area contributed by atoms with E-state index >= 15 is 0 Å². The average molecular weight is 157 g/mol. The van der Waals surface area contributed by atoms with Crippen LogP contribution in [0.5, 0.6) is 0 Å². The summed E-state index contributed by atoms with van der Waals surface area (Å²) >= 11 is 1.35. The van der Waals surface area contributed by atoms with Crippen LogP contribution >= 0.6 is 0 Å². The van der Waals surface area contributed by atoms with Gasteiger partial charge in [0.25, 0.3) is 0 Å². The van der Waals surface area contributed by atoms with Crippen molar-refractivity contribution in [1.29, 1.82) is 0 Å². The van der Waals surface area contributed by atoms with Gasteiger partial charge in [-0.1, -0.05) is 33.1 Å². The van der Waals surface area contributed by atoms with Gasteiger partial charge in [-0.15, -0.1) is 0 Å². The van der Waals surface area contributed by atoms with E-state index in [9.17, 15) is 0 Å². The first-order valence-electron chi connectivity index (χ1n) is 2.58. The molecule has 0 bridgehead atoms. The van der Waals surface area contributed by atoms with Crippen molar-refractivity contribution in [3.05, 3.63) is 30.3 Å². The molecule has 0 atom stereocenters. The predicted molar refractivity (Wildman–Crippen MR) is 52.9 cm³/mol. The maximum absolute atomic E-state index is 2.13. The molecule has 0 N–H and O–H groups in total. The average Bonchev–Trinajstić information content (AvgIpc) is 1.90. The summed E-state index contributed by atoms with van der Waals surface area (Å²) in [7, 11) is 0. The summed E-state index contributed by atoms with van der Waals surface area (Å²) in [5.74, 6) is 0. The zero-order chi connectivity index (χ0) is 5.82. The highest BCUT2D eigenvalue weighted by molar-refractivity contribution is 7.77. The third-order valence-corrected chi connectivity index (χ3v) is 1.83. The Morgan fingerprint density at radius 1 is 1.00 bits per heavy atom. The van der Waals surface area contributed by atoms with E-state index in [1.807, 2.05) is 6.07 Å². The Hall–Kier alpha value is -0.430. The highest BCUT2D eigenvalue weighted by Gasteiger charge is 1.89. The Kier molecular flexibility index (Phi) is 8.20. The zero-order valence-electron chi connectivity index (χ0n) is 4.83. The van der Waals surface area contributed by atoms with E-state index in [1.54, 1.807) is 0 Å². The molecule has 0 aromatic heterocycles. The third kappa shape index (κ3) is 3.57. The van der Waals surface area contributed by atoms with Crippen LogP contribution in [0.15, 0.2) is 35.2 Å². The van der Waals surface area contributed by atoms with E-state index in [4.69, 9.17) is 0 Å². The Morgan fingerprint density at radius 2 is 1.50 bits per heavy atom. The molecule has 0 aliphatic carbocycles. The molecule has 1 aromatic carbocycles. The molecule has 1 heteroatoms. The summed E-state index contributed by atoms with van der Waals surface area (Å²) in [6.07, 6.45) is 2.13. The van der Waals surface area contributed by atoms with Crippen molar-refractivity contribution < 1.29 is 0 Å². The quantitative estimate of drug-likeness (QED) is 0.434. The summed E-state index contributed by atoms with van der Waals surface area (Å²) in [6, 6.07) is 10.4. The minimum absolute atomic E-state index is 0. The van der Waals surface area contributed by atoms with Gasteiger partial charge in [0.15, 0.2) is 4.90 Å². The van der Waals surface area contributed by atoms with Crippen molar-refractivity contribution >= 4 is 11.8 Å². The fourth-order valence-electron chi connectivity index (χ4n) is 0.577. The first-order valence-corrected chi connectivity index (χ1v) is 3.92. The van der Waals surface area contributed by atoms with Gasteiger partial charge in [0.05, 0.1) is 0 Å². The van der Waals surface area contributed by atoms with E-state index in [2.05, 4.69) is 30.5 Å². The number of benzene rings is 1. The molecule has 0 aliphatic heterocycles. The zero-order valence-corrected chi connectivity index (χ0v) is 5.73. The normalized spacial score (nSPS) is 7.30. The lowest BCUT2D eigenvalue weighted by molar-refractivity contribution is 1.47. The van der Waals surface area contributed by atoms with Crippen LogP contribution in [0.1, 0.15) is 14.9 Å². The molecule has 0 saturated carbocycles. The topological polar surface area (TPSA) is 0 Å². The van der Waals surface area contributed by atoms with Gasteiger partial charge in [0.2, 0.25) is 0 Å². The summed E-state index contributed by atoms with van der Waals surface area (Å²) in [4.78, 5) is 1.38. The lowest BCUT2D eigenvalue weighted by Crippen LogP contribution is -1.73. The van der Waals surface area contributed by atoms with Crippen LogP contribution in [0.4, 0.5) is 0 Å². The monoisotopic (exact) mass is 157 g/mol. The molecule has 0 radical (unpaired) electrons. The van der Waals surface area contributed by atoms with Crippen LogP contribution in [-0.2, 0) is 11.8 Å². The smallest absolute Gasteiger partial charge is 0.0776 e. The Morgan fingerprint density at radius 3 is 1.80 bits per heavy atom.